The summed E-state index contributed by atoms with van der Waals surface area (Å²) in [5.74, 6) is 0.136. The quantitative estimate of drug-likeness (QED) is 0.763. The van der Waals surface area contributed by atoms with Gasteiger partial charge in [0, 0.05) is 0 Å². The number of alkyl halides is 3. The SMILES string of the molecule is Nc1cc(C(F)(F)F)ccc1OCCO. The Morgan fingerprint density at radius 1 is 1.33 bits per heavy atom. The Labute approximate surface area is 84.3 Å². The number of rotatable bonds is 3. The molecule has 0 spiro atoms. The van der Waals surface area contributed by atoms with Gasteiger partial charge in [-0.15, -0.1) is 0 Å². The van der Waals surface area contributed by atoms with Crippen LogP contribution in [0.25, 0.3) is 0 Å². The second kappa shape index (κ2) is 4.39. The third-order valence-corrected chi connectivity index (χ3v) is 1.69. The van der Waals surface area contributed by atoms with Gasteiger partial charge in [0.05, 0.1) is 17.9 Å². The Morgan fingerprint density at radius 3 is 2.47 bits per heavy atom. The number of hydrogen-bond acceptors (Lipinski definition) is 3. The molecule has 6 heteroatoms. The molecule has 0 bridgehead atoms. The maximum absolute atomic E-state index is 12.2. The number of hydrogen-bond donors (Lipinski definition) is 2. The molecule has 0 aromatic heterocycles. The van der Waals surface area contributed by atoms with Gasteiger partial charge in [0.1, 0.15) is 12.4 Å². The Balaban J connectivity index is 2.88. The highest BCUT2D eigenvalue weighted by Crippen LogP contribution is 2.33. The summed E-state index contributed by atoms with van der Waals surface area (Å²) in [6.45, 7) is -0.226. The molecule has 1 aromatic carbocycles. The lowest BCUT2D eigenvalue weighted by Gasteiger charge is -2.11. The van der Waals surface area contributed by atoms with Gasteiger partial charge in [0.2, 0.25) is 0 Å². The molecule has 15 heavy (non-hydrogen) atoms. The highest BCUT2D eigenvalue weighted by molar-refractivity contribution is 5.54. The number of halogens is 3. The Bertz CT molecular complexity index is 339. The van der Waals surface area contributed by atoms with Crippen LogP contribution in [0.5, 0.6) is 5.75 Å². The molecule has 0 heterocycles. The van der Waals surface area contributed by atoms with Crippen molar-refractivity contribution in [2.24, 2.45) is 0 Å². The van der Waals surface area contributed by atoms with Crippen LogP contribution in [0.1, 0.15) is 5.56 Å². The van der Waals surface area contributed by atoms with Crippen molar-refractivity contribution < 1.29 is 23.0 Å². The second-order valence-corrected chi connectivity index (χ2v) is 2.82. The minimum absolute atomic E-state index is 0.00440. The Hall–Kier alpha value is -1.43. The average Bonchev–Trinajstić information content (AvgIpc) is 2.14. The molecule has 0 saturated heterocycles. The molecule has 3 nitrogen and oxygen atoms in total. The topological polar surface area (TPSA) is 55.5 Å². The van der Waals surface area contributed by atoms with Crippen LogP contribution < -0.4 is 10.5 Å². The summed E-state index contributed by atoms with van der Waals surface area (Å²) in [5, 5.41) is 8.46. The van der Waals surface area contributed by atoms with Gasteiger partial charge in [-0.3, -0.25) is 0 Å². The summed E-state index contributed by atoms with van der Waals surface area (Å²) in [5.41, 5.74) is 4.43. The van der Waals surface area contributed by atoms with Crippen LogP contribution in [-0.2, 0) is 6.18 Å². The van der Waals surface area contributed by atoms with E-state index in [1.165, 1.54) is 0 Å². The zero-order chi connectivity index (χ0) is 11.5. The highest BCUT2D eigenvalue weighted by atomic mass is 19.4. The van der Waals surface area contributed by atoms with Crippen LogP contribution in [0.4, 0.5) is 18.9 Å². The first kappa shape index (κ1) is 11.6. The molecule has 0 aliphatic heterocycles. The van der Waals surface area contributed by atoms with E-state index in [-0.39, 0.29) is 24.7 Å². The van der Waals surface area contributed by atoms with Gasteiger partial charge < -0.3 is 15.6 Å². The van der Waals surface area contributed by atoms with Crippen LogP contribution in [0.2, 0.25) is 0 Å². The number of aliphatic hydroxyl groups is 1. The van der Waals surface area contributed by atoms with Crippen LogP contribution in [0, 0.1) is 0 Å². The molecule has 0 fully saturated rings. The van der Waals surface area contributed by atoms with Gasteiger partial charge in [0.25, 0.3) is 0 Å². The first-order chi connectivity index (χ1) is 6.95. The largest absolute Gasteiger partial charge is 0.489 e. The summed E-state index contributed by atoms with van der Waals surface area (Å²) in [6, 6.07) is 2.81. The number of benzene rings is 1. The van der Waals surface area contributed by atoms with Crippen LogP contribution in [-0.4, -0.2) is 18.3 Å². The predicted molar refractivity (Wildman–Crippen MR) is 48.4 cm³/mol. The minimum atomic E-state index is -4.41. The molecule has 0 aliphatic carbocycles. The van der Waals surface area contributed by atoms with Crippen molar-refractivity contribution in [1.82, 2.24) is 0 Å². The van der Waals surface area contributed by atoms with E-state index in [2.05, 4.69) is 0 Å². The normalized spacial score (nSPS) is 11.5. The fourth-order valence-corrected chi connectivity index (χ4v) is 1.01. The van der Waals surface area contributed by atoms with Crippen molar-refractivity contribution in [3.63, 3.8) is 0 Å². The van der Waals surface area contributed by atoms with Crippen LogP contribution in [0.15, 0.2) is 18.2 Å². The van der Waals surface area contributed by atoms with E-state index in [9.17, 15) is 13.2 Å². The number of nitrogens with two attached hydrogens (primary N) is 1. The summed E-state index contributed by atoms with van der Waals surface area (Å²) in [4.78, 5) is 0. The molecule has 0 saturated carbocycles. The fourth-order valence-electron chi connectivity index (χ4n) is 1.01. The average molecular weight is 221 g/mol. The van der Waals surface area contributed by atoms with E-state index in [4.69, 9.17) is 15.6 Å². The van der Waals surface area contributed by atoms with Gasteiger partial charge in [-0.05, 0) is 18.2 Å². The zero-order valence-electron chi connectivity index (χ0n) is 7.71. The molecule has 1 aromatic rings. The molecular weight excluding hydrogens is 211 g/mol. The molecular formula is C9H10F3NO2. The van der Waals surface area contributed by atoms with E-state index in [1.54, 1.807) is 0 Å². The monoisotopic (exact) mass is 221 g/mol. The number of aliphatic hydroxyl groups excluding tert-OH is 1. The van der Waals surface area contributed by atoms with Crippen molar-refractivity contribution in [3.05, 3.63) is 23.8 Å². The first-order valence-electron chi connectivity index (χ1n) is 4.15. The fraction of sp³-hybridized carbons (Fsp3) is 0.333. The van der Waals surface area contributed by atoms with Gasteiger partial charge in [-0.2, -0.15) is 13.2 Å². The van der Waals surface area contributed by atoms with E-state index in [0.29, 0.717) is 0 Å². The van der Waals surface area contributed by atoms with Crippen molar-refractivity contribution in [3.8, 4) is 5.75 Å². The molecule has 0 unspecified atom stereocenters. The molecule has 1 rings (SSSR count). The van der Waals surface area contributed by atoms with Crippen molar-refractivity contribution in [1.29, 1.82) is 0 Å². The number of nitrogen functional groups attached to an aromatic ring is 1. The van der Waals surface area contributed by atoms with Crippen molar-refractivity contribution in [2.45, 2.75) is 6.18 Å². The Morgan fingerprint density at radius 2 is 2.00 bits per heavy atom. The van der Waals surface area contributed by atoms with Crippen LogP contribution >= 0.6 is 0 Å². The van der Waals surface area contributed by atoms with Crippen molar-refractivity contribution in [2.75, 3.05) is 18.9 Å². The Kier molecular flexibility index (Phi) is 3.41. The maximum atomic E-state index is 12.2. The lowest BCUT2D eigenvalue weighted by Crippen LogP contribution is -2.08. The molecule has 0 aliphatic rings. The van der Waals surface area contributed by atoms with E-state index in [1.807, 2.05) is 0 Å². The molecule has 3 N–H and O–H groups in total. The van der Waals surface area contributed by atoms with E-state index < -0.39 is 11.7 Å². The van der Waals surface area contributed by atoms with Gasteiger partial charge in [0.15, 0.2) is 0 Å². The lowest BCUT2D eigenvalue weighted by molar-refractivity contribution is -0.137. The van der Waals surface area contributed by atoms with Gasteiger partial charge >= 0.3 is 6.18 Å². The lowest BCUT2D eigenvalue weighted by atomic mass is 10.2. The van der Waals surface area contributed by atoms with Crippen molar-refractivity contribution >= 4 is 5.69 Å². The first-order valence-corrected chi connectivity index (χ1v) is 4.15. The molecule has 0 amide bonds. The minimum Gasteiger partial charge on any atom is -0.489 e. The smallest absolute Gasteiger partial charge is 0.416 e. The standard InChI is InChI=1S/C9H10F3NO2/c10-9(11,12)6-1-2-8(7(13)5-6)15-4-3-14/h1-2,5,14H,3-4,13H2. The van der Waals surface area contributed by atoms with E-state index in [0.717, 1.165) is 18.2 Å². The number of ether oxygens (including phenoxy) is 1. The third-order valence-electron chi connectivity index (χ3n) is 1.69. The maximum Gasteiger partial charge on any atom is 0.416 e. The van der Waals surface area contributed by atoms with Gasteiger partial charge in [-0.25, -0.2) is 0 Å². The summed E-state index contributed by atoms with van der Waals surface area (Å²) >= 11 is 0. The zero-order valence-corrected chi connectivity index (χ0v) is 7.71. The molecule has 0 atom stereocenters. The summed E-state index contributed by atoms with van der Waals surface area (Å²) in [7, 11) is 0. The molecule has 84 valence electrons. The van der Waals surface area contributed by atoms with Gasteiger partial charge in [-0.1, -0.05) is 0 Å². The van der Waals surface area contributed by atoms with Crippen LogP contribution in [0.3, 0.4) is 0 Å². The summed E-state index contributed by atoms with van der Waals surface area (Å²) < 4.78 is 41.6. The second-order valence-electron chi connectivity index (χ2n) is 2.82. The summed E-state index contributed by atoms with van der Waals surface area (Å²) in [6.07, 6.45) is -4.41. The molecule has 0 radical (unpaired) electrons. The number of anilines is 1. The third kappa shape index (κ3) is 3.02. The predicted octanol–water partition coefficient (Wildman–Crippen LogP) is 1.66. The highest BCUT2D eigenvalue weighted by Gasteiger charge is 2.30. The van der Waals surface area contributed by atoms with E-state index >= 15 is 0 Å².